The van der Waals surface area contributed by atoms with Gasteiger partial charge in [-0.25, -0.2) is 0 Å². The molecule has 108 valence electrons. The molecule has 0 radical (unpaired) electrons. The first kappa shape index (κ1) is 16.0. The van der Waals surface area contributed by atoms with Crippen LogP contribution >= 0.6 is 0 Å². The molecule has 0 saturated carbocycles. The third-order valence-electron chi connectivity index (χ3n) is 2.80. The smallest absolute Gasteiger partial charge is 0.417 e. The van der Waals surface area contributed by atoms with E-state index in [1.807, 2.05) is 0 Å². The van der Waals surface area contributed by atoms with E-state index in [0.29, 0.717) is 0 Å². The summed E-state index contributed by atoms with van der Waals surface area (Å²) in [7, 11) is 0. The summed E-state index contributed by atoms with van der Waals surface area (Å²) in [6, 6.07) is 4.22. The first-order valence-electron chi connectivity index (χ1n) is 6.12. The number of rotatable bonds is 4. The van der Waals surface area contributed by atoms with Crippen LogP contribution in [0.25, 0.3) is 0 Å². The van der Waals surface area contributed by atoms with Gasteiger partial charge >= 0.3 is 12.1 Å². The van der Waals surface area contributed by atoms with E-state index < -0.39 is 24.1 Å². The van der Waals surface area contributed by atoms with Gasteiger partial charge in [-0.15, -0.1) is 0 Å². The van der Waals surface area contributed by atoms with Gasteiger partial charge in [0.25, 0.3) is 0 Å². The molecule has 0 aromatic heterocycles. The lowest BCUT2D eigenvalue weighted by Gasteiger charge is -2.17. The number of hydrogen-bond acceptors (Lipinski definition) is 3. The molecule has 1 rings (SSSR count). The highest BCUT2D eigenvalue weighted by Crippen LogP contribution is 2.36. The van der Waals surface area contributed by atoms with Crippen LogP contribution < -0.4 is 0 Å². The third kappa shape index (κ3) is 3.50. The Hall–Kier alpha value is -2.03. The molecule has 0 heterocycles. The second-order valence-corrected chi connectivity index (χ2v) is 4.07. The van der Waals surface area contributed by atoms with Crippen LogP contribution in [-0.4, -0.2) is 12.6 Å². The summed E-state index contributed by atoms with van der Waals surface area (Å²) in [6.07, 6.45) is -5.00. The fourth-order valence-corrected chi connectivity index (χ4v) is 2.04. The summed E-state index contributed by atoms with van der Waals surface area (Å²) in [5.74, 6) is -0.718. The van der Waals surface area contributed by atoms with E-state index >= 15 is 0 Å². The highest BCUT2D eigenvalue weighted by Gasteiger charge is 2.37. The lowest BCUT2D eigenvalue weighted by Crippen LogP contribution is -2.17. The molecule has 0 aliphatic carbocycles. The van der Waals surface area contributed by atoms with Crippen molar-refractivity contribution in [1.82, 2.24) is 0 Å². The normalized spacial score (nSPS) is 11.0. The lowest BCUT2D eigenvalue weighted by molar-refractivity contribution is -0.143. The number of carbonyl (C=O) groups is 1. The molecule has 1 aromatic carbocycles. The second-order valence-electron chi connectivity index (χ2n) is 4.07. The fraction of sp³-hybridized carbons (Fsp3) is 0.429. The molecule has 0 unspecified atom stereocenters. The zero-order valence-corrected chi connectivity index (χ0v) is 11.2. The predicted octanol–water partition coefficient (Wildman–Crippen LogP) is 3.25. The molecule has 20 heavy (non-hydrogen) atoms. The molecular formula is C14H14F3NO2. The van der Waals surface area contributed by atoms with E-state index in [1.54, 1.807) is 19.9 Å². The maximum absolute atomic E-state index is 13.2. The molecule has 0 spiro atoms. The zero-order valence-electron chi connectivity index (χ0n) is 11.2. The Labute approximate surface area is 115 Å². The summed E-state index contributed by atoms with van der Waals surface area (Å²) >= 11 is 0. The number of hydrogen-bond donors (Lipinski definition) is 0. The standard InChI is InChI=1S/C14H14F3NO2/c1-3-11-10(8-18)6-5-9(7-12(19)20-4-2)13(11)14(15,16)17/h5-6H,3-4,7H2,1-2H3. The van der Waals surface area contributed by atoms with Gasteiger partial charge in [0.2, 0.25) is 0 Å². The molecular weight excluding hydrogens is 271 g/mol. The number of ether oxygens (including phenoxy) is 1. The minimum Gasteiger partial charge on any atom is -0.466 e. The monoisotopic (exact) mass is 285 g/mol. The van der Waals surface area contributed by atoms with E-state index in [0.717, 1.165) is 6.07 Å². The highest BCUT2D eigenvalue weighted by molar-refractivity contribution is 5.73. The number of nitriles is 1. The highest BCUT2D eigenvalue weighted by atomic mass is 19.4. The Kier molecular flexibility index (Phi) is 5.14. The molecule has 0 fully saturated rings. The van der Waals surface area contributed by atoms with E-state index in [9.17, 15) is 18.0 Å². The Morgan fingerprint density at radius 3 is 2.45 bits per heavy atom. The van der Waals surface area contributed by atoms with Crippen molar-refractivity contribution in [3.63, 3.8) is 0 Å². The Morgan fingerprint density at radius 1 is 1.35 bits per heavy atom. The van der Waals surface area contributed by atoms with Gasteiger partial charge in [0.05, 0.1) is 30.2 Å². The van der Waals surface area contributed by atoms with Gasteiger partial charge < -0.3 is 4.74 Å². The number of nitrogens with zero attached hydrogens (tertiary/aromatic N) is 1. The van der Waals surface area contributed by atoms with Crippen molar-refractivity contribution in [3.05, 3.63) is 34.4 Å². The summed E-state index contributed by atoms with van der Waals surface area (Å²) in [5.41, 5.74) is -1.16. The topological polar surface area (TPSA) is 50.1 Å². The first-order valence-corrected chi connectivity index (χ1v) is 6.12. The molecule has 0 aliphatic heterocycles. The zero-order chi connectivity index (χ0) is 15.3. The largest absolute Gasteiger partial charge is 0.466 e. The van der Waals surface area contributed by atoms with E-state index in [2.05, 4.69) is 4.74 Å². The number of alkyl halides is 3. The van der Waals surface area contributed by atoms with Crippen LogP contribution in [0, 0.1) is 11.3 Å². The number of halogens is 3. The summed E-state index contributed by atoms with van der Waals surface area (Å²) in [4.78, 5) is 11.4. The van der Waals surface area contributed by atoms with Gasteiger partial charge in [0.1, 0.15) is 0 Å². The van der Waals surface area contributed by atoms with Crippen molar-refractivity contribution in [2.24, 2.45) is 0 Å². The van der Waals surface area contributed by atoms with Crippen molar-refractivity contribution in [2.75, 3.05) is 6.61 Å². The summed E-state index contributed by atoms with van der Waals surface area (Å²) in [5, 5.41) is 8.89. The van der Waals surface area contributed by atoms with Gasteiger partial charge in [-0.05, 0) is 30.5 Å². The summed E-state index contributed by atoms with van der Waals surface area (Å²) in [6.45, 7) is 3.23. The Morgan fingerprint density at radius 2 is 2.00 bits per heavy atom. The van der Waals surface area contributed by atoms with Crippen LogP contribution in [0.5, 0.6) is 0 Å². The molecule has 1 aromatic rings. The van der Waals surface area contributed by atoms with Crippen molar-refractivity contribution in [2.45, 2.75) is 32.9 Å². The molecule has 0 N–H and O–H groups in total. The molecule has 0 saturated heterocycles. The predicted molar refractivity (Wildman–Crippen MR) is 65.9 cm³/mol. The second kappa shape index (κ2) is 6.42. The molecule has 6 heteroatoms. The van der Waals surface area contributed by atoms with Gasteiger partial charge in [-0.3, -0.25) is 4.79 Å². The first-order chi connectivity index (χ1) is 9.35. The minimum atomic E-state index is -4.61. The van der Waals surface area contributed by atoms with Gasteiger partial charge in [0, 0.05) is 0 Å². The van der Waals surface area contributed by atoms with Gasteiger partial charge in [-0.2, -0.15) is 18.4 Å². The maximum Gasteiger partial charge on any atom is 0.417 e. The van der Waals surface area contributed by atoms with Crippen LogP contribution in [0.15, 0.2) is 12.1 Å². The average Bonchev–Trinajstić information content (AvgIpc) is 2.36. The lowest BCUT2D eigenvalue weighted by atomic mass is 9.92. The average molecular weight is 285 g/mol. The Bertz CT molecular complexity index is 545. The van der Waals surface area contributed by atoms with Crippen molar-refractivity contribution in [1.29, 1.82) is 5.26 Å². The van der Waals surface area contributed by atoms with E-state index in [1.165, 1.54) is 6.07 Å². The maximum atomic E-state index is 13.2. The fourth-order valence-electron chi connectivity index (χ4n) is 2.04. The molecule has 0 atom stereocenters. The van der Waals surface area contributed by atoms with Gasteiger partial charge in [-0.1, -0.05) is 13.0 Å². The minimum absolute atomic E-state index is 0.0209. The third-order valence-corrected chi connectivity index (χ3v) is 2.80. The van der Waals surface area contributed by atoms with Crippen LogP contribution in [-0.2, 0) is 28.5 Å². The molecule has 0 aliphatic rings. The van der Waals surface area contributed by atoms with Crippen molar-refractivity contribution >= 4 is 5.97 Å². The summed E-state index contributed by atoms with van der Waals surface area (Å²) < 4.78 is 44.2. The van der Waals surface area contributed by atoms with Crippen LogP contribution in [0.4, 0.5) is 13.2 Å². The number of carbonyl (C=O) groups excluding carboxylic acids is 1. The van der Waals surface area contributed by atoms with Crippen molar-refractivity contribution in [3.8, 4) is 6.07 Å². The van der Waals surface area contributed by atoms with E-state index in [-0.39, 0.29) is 29.7 Å². The van der Waals surface area contributed by atoms with Crippen molar-refractivity contribution < 1.29 is 22.7 Å². The number of esters is 1. The van der Waals surface area contributed by atoms with Crippen LogP contribution in [0.1, 0.15) is 36.1 Å². The SMILES string of the molecule is CCOC(=O)Cc1ccc(C#N)c(CC)c1C(F)(F)F. The molecule has 0 amide bonds. The van der Waals surface area contributed by atoms with Gasteiger partial charge in [0.15, 0.2) is 0 Å². The van der Waals surface area contributed by atoms with Crippen LogP contribution in [0.2, 0.25) is 0 Å². The Balaban J connectivity index is 3.38. The number of benzene rings is 1. The molecule has 3 nitrogen and oxygen atoms in total. The van der Waals surface area contributed by atoms with Crippen LogP contribution in [0.3, 0.4) is 0 Å². The molecule has 0 bridgehead atoms. The quantitative estimate of drug-likeness (QED) is 0.798. The van der Waals surface area contributed by atoms with E-state index in [4.69, 9.17) is 5.26 Å².